The molecule has 1 aliphatic heterocycles. The summed E-state index contributed by atoms with van der Waals surface area (Å²) in [4.78, 5) is 24.3. The Hall–Kier alpha value is -2.21. The summed E-state index contributed by atoms with van der Waals surface area (Å²) in [5.74, 6) is -1.16. The number of hydrogen-bond donors (Lipinski definition) is 2. The van der Waals surface area contributed by atoms with Gasteiger partial charge in [0.05, 0.1) is 30.7 Å². The highest BCUT2D eigenvalue weighted by atomic mass is 35.5. The van der Waals surface area contributed by atoms with Crippen LogP contribution in [0.3, 0.4) is 0 Å². The van der Waals surface area contributed by atoms with Gasteiger partial charge in [-0.15, -0.1) is 0 Å². The zero-order chi connectivity index (χ0) is 16.3. The van der Waals surface area contributed by atoms with E-state index in [0.29, 0.717) is 22.1 Å². The fourth-order valence-corrected chi connectivity index (χ4v) is 2.41. The predicted molar refractivity (Wildman–Crippen MR) is 83.8 cm³/mol. The summed E-state index contributed by atoms with van der Waals surface area (Å²) in [6, 6.07) is 4.17. The van der Waals surface area contributed by atoms with Crippen LogP contribution in [0.15, 0.2) is 29.5 Å². The third-order valence-electron chi connectivity index (χ3n) is 3.22. The molecule has 0 radical (unpaired) electrons. The highest BCUT2D eigenvalue weighted by Gasteiger charge is 2.34. The molecule has 118 valence electrons. The van der Waals surface area contributed by atoms with Crippen LogP contribution < -0.4 is 10.6 Å². The van der Waals surface area contributed by atoms with Crippen molar-refractivity contribution in [2.75, 3.05) is 24.4 Å². The molecule has 1 atom stereocenters. The van der Waals surface area contributed by atoms with Gasteiger partial charge in [0.2, 0.25) is 0 Å². The van der Waals surface area contributed by atoms with Crippen molar-refractivity contribution in [2.45, 2.75) is 19.9 Å². The smallest absolute Gasteiger partial charge is 0.338 e. The number of benzene rings is 1. The van der Waals surface area contributed by atoms with Gasteiger partial charge in [0.15, 0.2) is 6.04 Å². The zero-order valence-corrected chi connectivity index (χ0v) is 13.3. The van der Waals surface area contributed by atoms with Gasteiger partial charge in [-0.1, -0.05) is 11.6 Å². The number of allylic oxidation sites excluding steroid dienone is 1. The van der Waals surface area contributed by atoms with Gasteiger partial charge >= 0.3 is 11.9 Å². The lowest BCUT2D eigenvalue weighted by Gasteiger charge is -2.19. The van der Waals surface area contributed by atoms with Crippen LogP contribution in [0.1, 0.15) is 13.8 Å². The molecule has 0 saturated carbocycles. The molecule has 7 heteroatoms. The molecular formula is C15H17ClN2O4. The summed E-state index contributed by atoms with van der Waals surface area (Å²) in [5, 5.41) is 6.60. The SMILES string of the molecule is CCOC(=O)C1Nc2cc(Cl)ccc2NC(C)=C1C(=O)OC. The molecular weight excluding hydrogens is 308 g/mol. The van der Waals surface area contributed by atoms with E-state index in [1.165, 1.54) is 7.11 Å². The molecule has 2 N–H and O–H groups in total. The molecule has 0 aliphatic carbocycles. The summed E-state index contributed by atoms with van der Waals surface area (Å²) in [6.07, 6.45) is 0. The van der Waals surface area contributed by atoms with E-state index in [-0.39, 0.29) is 12.2 Å². The molecule has 1 unspecified atom stereocenters. The Morgan fingerprint density at radius 3 is 2.68 bits per heavy atom. The van der Waals surface area contributed by atoms with Crippen LogP contribution >= 0.6 is 11.6 Å². The molecule has 1 aliphatic rings. The zero-order valence-electron chi connectivity index (χ0n) is 12.5. The Balaban J connectivity index is 2.51. The number of fused-ring (bicyclic) bond motifs is 1. The minimum atomic E-state index is -0.973. The molecule has 1 heterocycles. The van der Waals surface area contributed by atoms with E-state index >= 15 is 0 Å². The minimum Gasteiger partial charge on any atom is -0.466 e. The Morgan fingerprint density at radius 1 is 1.32 bits per heavy atom. The molecule has 0 aromatic heterocycles. The number of nitrogens with one attached hydrogen (secondary N) is 2. The first-order valence-electron chi connectivity index (χ1n) is 6.76. The summed E-state index contributed by atoms with van der Waals surface area (Å²) in [7, 11) is 1.26. The van der Waals surface area contributed by atoms with E-state index in [1.54, 1.807) is 32.0 Å². The minimum absolute atomic E-state index is 0.174. The first kappa shape index (κ1) is 16.2. The fourth-order valence-electron chi connectivity index (χ4n) is 2.24. The second kappa shape index (κ2) is 6.70. The van der Waals surface area contributed by atoms with Crippen LogP contribution in [0, 0.1) is 0 Å². The summed E-state index contributed by atoms with van der Waals surface area (Å²) >= 11 is 5.99. The van der Waals surface area contributed by atoms with Gasteiger partial charge in [0, 0.05) is 10.7 Å². The second-order valence-electron chi connectivity index (χ2n) is 4.67. The van der Waals surface area contributed by atoms with Crippen LogP contribution in [-0.4, -0.2) is 31.7 Å². The Kier molecular flexibility index (Phi) is 4.92. The molecule has 0 fully saturated rings. The monoisotopic (exact) mass is 324 g/mol. The number of rotatable bonds is 3. The van der Waals surface area contributed by atoms with Gasteiger partial charge in [0.1, 0.15) is 0 Å². The number of anilines is 2. The molecule has 2 rings (SSSR count). The maximum Gasteiger partial charge on any atom is 0.338 e. The van der Waals surface area contributed by atoms with Crippen molar-refractivity contribution in [3.63, 3.8) is 0 Å². The molecule has 0 amide bonds. The lowest BCUT2D eigenvalue weighted by Crippen LogP contribution is -2.37. The van der Waals surface area contributed by atoms with E-state index < -0.39 is 18.0 Å². The van der Waals surface area contributed by atoms with Gasteiger partial charge in [-0.25, -0.2) is 9.59 Å². The van der Waals surface area contributed by atoms with E-state index in [9.17, 15) is 9.59 Å². The fraction of sp³-hybridized carbons (Fsp3) is 0.333. The van der Waals surface area contributed by atoms with Gasteiger partial charge in [0.25, 0.3) is 0 Å². The number of esters is 2. The topological polar surface area (TPSA) is 76.7 Å². The standard InChI is InChI=1S/C15H17ClN2O4/c1-4-22-15(20)13-12(14(19)21-3)8(2)17-10-6-5-9(16)7-11(10)18-13/h5-7,13,17-18H,4H2,1-3H3. The third kappa shape index (κ3) is 3.17. The summed E-state index contributed by atoms with van der Waals surface area (Å²) in [5.41, 5.74) is 1.99. The number of carbonyl (C=O) groups is 2. The van der Waals surface area contributed by atoms with E-state index in [1.807, 2.05) is 0 Å². The average Bonchev–Trinajstić information content (AvgIpc) is 2.62. The number of hydrogen-bond acceptors (Lipinski definition) is 6. The van der Waals surface area contributed by atoms with Crippen molar-refractivity contribution in [2.24, 2.45) is 0 Å². The molecule has 0 saturated heterocycles. The molecule has 1 aromatic rings. The number of ether oxygens (including phenoxy) is 2. The van der Waals surface area contributed by atoms with Crippen molar-refractivity contribution in [3.05, 3.63) is 34.5 Å². The van der Waals surface area contributed by atoms with Crippen molar-refractivity contribution < 1.29 is 19.1 Å². The van der Waals surface area contributed by atoms with Crippen LogP contribution in [-0.2, 0) is 19.1 Å². The van der Waals surface area contributed by atoms with Crippen molar-refractivity contribution in [1.82, 2.24) is 0 Å². The Morgan fingerprint density at radius 2 is 2.05 bits per heavy atom. The van der Waals surface area contributed by atoms with Gasteiger partial charge in [-0.05, 0) is 32.0 Å². The maximum atomic E-state index is 12.2. The highest BCUT2D eigenvalue weighted by molar-refractivity contribution is 6.31. The first-order chi connectivity index (χ1) is 10.5. The normalized spacial score (nSPS) is 16.8. The van der Waals surface area contributed by atoms with Crippen molar-refractivity contribution >= 4 is 34.9 Å². The van der Waals surface area contributed by atoms with Gasteiger partial charge in [-0.2, -0.15) is 0 Å². The van der Waals surface area contributed by atoms with E-state index in [0.717, 1.165) is 0 Å². The lowest BCUT2D eigenvalue weighted by atomic mass is 10.1. The largest absolute Gasteiger partial charge is 0.466 e. The number of methoxy groups -OCH3 is 1. The molecule has 0 spiro atoms. The van der Waals surface area contributed by atoms with Crippen LogP contribution in [0.5, 0.6) is 0 Å². The molecule has 6 nitrogen and oxygen atoms in total. The van der Waals surface area contributed by atoms with Crippen molar-refractivity contribution in [1.29, 1.82) is 0 Å². The quantitative estimate of drug-likeness (QED) is 0.832. The summed E-state index contributed by atoms with van der Waals surface area (Å²) < 4.78 is 9.84. The first-order valence-corrected chi connectivity index (χ1v) is 7.14. The van der Waals surface area contributed by atoms with E-state index in [4.69, 9.17) is 21.1 Å². The second-order valence-corrected chi connectivity index (χ2v) is 5.11. The Bertz CT molecular complexity index is 642. The Labute approximate surface area is 133 Å². The maximum absolute atomic E-state index is 12.2. The third-order valence-corrected chi connectivity index (χ3v) is 3.46. The van der Waals surface area contributed by atoms with E-state index in [2.05, 4.69) is 10.6 Å². The van der Waals surface area contributed by atoms with Crippen LogP contribution in [0.4, 0.5) is 11.4 Å². The van der Waals surface area contributed by atoms with Crippen LogP contribution in [0.2, 0.25) is 5.02 Å². The van der Waals surface area contributed by atoms with Crippen molar-refractivity contribution in [3.8, 4) is 0 Å². The lowest BCUT2D eigenvalue weighted by molar-refractivity contribution is -0.145. The predicted octanol–water partition coefficient (Wildman–Crippen LogP) is 2.56. The highest BCUT2D eigenvalue weighted by Crippen LogP contribution is 2.32. The molecule has 1 aromatic carbocycles. The molecule has 0 bridgehead atoms. The van der Waals surface area contributed by atoms with Crippen LogP contribution in [0.25, 0.3) is 0 Å². The van der Waals surface area contributed by atoms with Gasteiger partial charge < -0.3 is 20.1 Å². The summed E-state index contributed by atoms with van der Waals surface area (Å²) in [6.45, 7) is 3.61. The number of halogens is 1. The van der Waals surface area contributed by atoms with Gasteiger partial charge in [-0.3, -0.25) is 0 Å². The number of carbonyl (C=O) groups excluding carboxylic acids is 2. The molecule has 22 heavy (non-hydrogen) atoms. The average molecular weight is 325 g/mol.